The van der Waals surface area contributed by atoms with Gasteiger partial charge < -0.3 is 10.3 Å². The van der Waals surface area contributed by atoms with E-state index in [1.165, 1.54) is 44.1 Å². The van der Waals surface area contributed by atoms with Crippen LogP contribution in [0.2, 0.25) is 0 Å². The molecule has 2 atom stereocenters. The predicted octanol–water partition coefficient (Wildman–Crippen LogP) is 3.85. The fraction of sp³-hybridized carbons (Fsp3) is 0.765. The summed E-state index contributed by atoms with van der Waals surface area (Å²) in [7, 11) is 0. The summed E-state index contributed by atoms with van der Waals surface area (Å²) in [5.74, 6) is 0.977. The van der Waals surface area contributed by atoms with Gasteiger partial charge in [-0.25, -0.2) is 0 Å². The van der Waals surface area contributed by atoms with Gasteiger partial charge in [-0.3, -0.25) is 0 Å². The topological polar surface area (TPSA) is 27.8 Å². The Hall–Kier alpha value is -0.760. The molecule has 4 aliphatic rings. The summed E-state index contributed by atoms with van der Waals surface area (Å²) in [6.07, 6.45) is 12.8. The van der Waals surface area contributed by atoms with Crippen molar-refractivity contribution < 1.29 is 0 Å². The van der Waals surface area contributed by atoms with Gasteiger partial charge in [0.2, 0.25) is 0 Å². The Kier molecular flexibility index (Phi) is 2.32. The number of aromatic nitrogens is 1. The Bertz CT molecular complexity index is 457. The third-order valence-electron chi connectivity index (χ3n) is 5.96. The molecule has 5 rings (SSSR count). The first-order chi connectivity index (χ1) is 8.99. The Morgan fingerprint density at radius 2 is 1.89 bits per heavy atom. The molecule has 2 heteroatoms. The van der Waals surface area contributed by atoms with E-state index in [0.717, 1.165) is 12.5 Å². The molecular weight excluding hydrogens is 232 g/mol. The van der Waals surface area contributed by atoms with Gasteiger partial charge in [0.05, 0.1) is 0 Å². The Morgan fingerprint density at radius 1 is 1.16 bits per heavy atom. The molecular formula is C17H26N2. The summed E-state index contributed by atoms with van der Waals surface area (Å²) in [6, 6.07) is 2.19. The van der Waals surface area contributed by atoms with Crippen LogP contribution in [0.25, 0.3) is 0 Å². The summed E-state index contributed by atoms with van der Waals surface area (Å²) in [5, 5.41) is 3.96. The van der Waals surface area contributed by atoms with Gasteiger partial charge in [-0.15, -0.1) is 0 Å². The summed E-state index contributed by atoms with van der Waals surface area (Å²) in [4.78, 5) is 3.16. The maximum absolute atomic E-state index is 3.96. The standard InChI is InChI=1S/C17H26N2/c1-15-5-14-6-16(2,10-15)12-17(7-14,11-15)19-9-13-3-4-18-8-13/h3-4,8,14,18-19H,5-7,9-12H2,1-2H3. The number of nitrogens with one attached hydrogen (secondary N) is 2. The van der Waals surface area contributed by atoms with Crippen LogP contribution < -0.4 is 5.32 Å². The van der Waals surface area contributed by atoms with E-state index in [-0.39, 0.29) is 0 Å². The first-order valence-electron chi connectivity index (χ1n) is 7.85. The average Bonchev–Trinajstić information content (AvgIpc) is 2.73. The van der Waals surface area contributed by atoms with E-state index in [1.807, 2.05) is 6.20 Å². The van der Waals surface area contributed by atoms with Gasteiger partial charge in [-0.2, -0.15) is 0 Å². The molecule has 2 nitrogen and oxygen atoms in total. The first kappa shape index (κ1) is 12.0. The summed E-state index contributed by atoms with van der Waals surface area (Å²) < 4.78 is 0. The number of H-pyrrole nitrogens is 1. The van der Waals surface area contributed by atoms with E-state index in [2.05, 4.69) is 36.4 Å². The van der Waals surface area contributed by atoms with Gasteiger partial charge in [-0.1, -0.05) is 13.8 Å². The number of hydrogen-bond donors (Lipinski definition) is 2. The van der Waals surface area contributed by atoms with Crippen LogP contribution in [-0.4, -0.2) is 10.5 Å². The highest BCUT2D eigenvalue weighted by Crippen LogP contribution is 2.66. The van der Waals surface area contributed by atoms with Gasteiger partial charge in [0, 0.05) is 24.5 Å². The number of aromatic amines is 1. The third kappa shape index (κ3) is 1.96. The molecule has 0 amide bonds. The van der Waals surface area contributed by atoms with Gasteiger partial charge in [0.1, 0.15) is 0 Å². The minimum atomic E-state index is 0.431. The zero-order valence-corrected chi connectivity index (χ0v) is 12.3. The Balaban J connectivity index is 1.57. The van der Waals surface area contributed by atoms with Gasteiger partial charge in [0.15, 0.2) is 0 Å². The Labute approximate surface area is 116 Å². The van der Waals surface area contributed by atoms with Gasteiger partial charge in [0.25, 0.3) is 0 Å². The summed E-state index contributed by atoms with van der Waals surface area (Å²) in [5.41, 5.74) is 3.05. The SMILES string of the molecule is CC12CC3CC(C)(C1)CC(NCc1cc[nH]c1)(C3)C2. The van der Waals surface area contributed by atoms with E-state index in [1.54, 1.807) is 0 Å². The van der Waals surface area contributed by atoms with Crippen LogP contribution in [-0.2, 0) is 6.54 Å². The Morgan fingerprint density at radius 3 is 2.47 bits per heavy atom. The average molecular weight is 258 g/mol. The molecule has 0 saturated heterocycles. The molecule has 104 valence electrons. The monoisotopic (exact) mass is 258 g/mol. The van der Waals surface area contributed by atoms with Crippen molar-refractivity contribution in [3.05, 3.63) is 24.0 Å². The van der Waals surface area contributed by atoms with Crippen molar-refractivity contribution in [2.75, 3.05) is 0 Å². The van der Waals surface area contributed by atoms with Crippen molar-refractivity contribution in [1.29, 1.82) is 0 Å². The molecule has 4 bridgehead atoms. The van der Waals surface area contributed by atoms with Gasteiger partial charge in [-0.05, 0) is 66.9 Å². The van der Waals surface area contributed by atoms with Crippen molar-refractivity contribution in [2.24, 2.45) is 16.7 Å². The molecule has 0 spiro atoms. The van der Waals surface area contributed by atoms with Crippen molar-refractivity contribution in [3.8, 4) is 0 Å². The second-order valence-electron chi connectivity index (χ2n) is 8.48. The number of hydrogen-bond acceptors (Lipinski definition) is 1. The molecule has 4 fully saturated rings. The fourth-order valence-corrected chi connectivity index (χ4v) is 6.40. The fourth-order valence-electron chi connectivity index (χ4n) is 6.40. The molecule has 0 radical (unpaired) electrons. The minimum Gasteiger partial charge on any atom is -0.367 e. The maximum atomic E-state index is 3.96. The van der Waals surface area contributed by atoms with E-state index in [0.29, 0.717) is 16.4 Å². The van der Waals surface area contributed by atoms with Crippen molar-refractivity contribution in [3.63, 3.8) is 0 Å². The number of rotatable bonds is 3. The molecule has 4 aliphatic carbocycles. The highest BCUT2D eigenvalue weighted by molar-refractivity contribution is 5.16. The smallest absolute Gasteiger partial charge is 0.0225 e. The molecule has 19 heavy (non-hydrogen) atoms. The van der Waals surface area contributed by atoms with Crippen LogP contribution in [0.4, 0.5) is 0 Å². The lowest BCUT2D eigenvalue weighted by atomic mass is 9.43. The van der Waals surface area contributed by atoms with E-state index < -0.39 is 0 Å². The second-order valence-corrected chi connectivity index (χ2v) is 8.48. The molecule has 0 aromatic carbocycles. The van der Waals surface area contributed by atoms with Crippen LogP contribution in [0.15, 0.2) is 18.5 Å². The van der Waals surface area contributed by atoms with Crippen LogP contribution in [0.1, 0.15) is 57.9 Å². The zero-order chi connectivity index (χ0) is 13.1. The maximum Gasteiger partial charge on any atom is 0.0225 e. The van der Waals surface area contributed by atoms with Crippen LogP contribution in [0.3, 0.4) is 0 Å². The zero-order valence-electron chi connectivity index (χ0n) is 12.3. The molecule has 4 saturated carbocycles. The van der Waals surface area contributed by atoms with Crippen molar-refractivity contribution >= 4 is 0 Å². The van der Waals surface area contributed by atoms with Crippen LogP contribution in [0.5, 0.6) is 0 Å². The summed E-state index contributed by atoms with van der Waals surface area (Å²) in [6.45, 7) is 6.12. The quantitative estimate of drug-likeness (QED) is 0.846. The lowest BCUT2D eigenvalue weighted by molar-refractivity contribution is -0.118. The lowest BCUT2D eigenvalue weighted by Gasteiger charge is -2.65. The molecule has 1 aromatic rings. The van der Waals surface area contributed by atoms with E-state index >= 15 is 0 Å². The predicted molar refractivity (Wildman–Crippen MR) is 77.8 cm³/mol. The third-order valence-corrected chi connectivity index (χ3v) is 5.96. The normalized spacial score (nSPS) is 47.8. The van der Waals surface area contributed by atoms with Crippen molar-refractivity contribution in [2.45, 2.75) is 64.5 Å². The van der Waals surface area contributed by atoms with E-state index in [4.69, 9.17) is 0 Å². The molecule has 1 heterocycles. The highest BCUT2D eigenvalue weighted by Gasteiger charge is 2.59. The summed E-state index contributed by atoms with van der Waals surface area (Å²) >= 11 is 0. The molecule has 2 N–H and O–H groups in total. The van der Waals surface area contributed by atoms with Crippen LogP contribution in [0, 0.1) is 16.7 Å². The molecule has 0 aliphatic heterocycles. The van der Waals surface area contributed by atoms with Gasteiger partial charge >= 0.3 is 0 Å². The molecule has 1 aromatic heterocycles. The van der Waals surface area contributed by atoms with Crippen LogP contribution >= 0.6 is 0 Å². The highest BCUT2D eigenvalue weighted by atomic mass is 15.0. The lowest BCUT2D eigenvalue weighted by Crippen LogP contribution is -2.63. The van der Waals surface area contributed by atoms with Crippen molar-refractivity contribution in [1.82, 2.24) is 10.3 Å². The molecule has 2 unspecified atom stereocenters. The first-order valence-corrected chi connectivity index (χ1v) is 7.85. The largest absolute Gasteiger partial charge is 0.367 e. The second kappa shape index (κ2) is 3.66. The van der Waals surface area contributed by atoms with E-state index in [9.17, 15) is 0 Å². The minimum absolute atomic E-state index is 0.431.